The molecule has 1 unspecified atom stereocenters. The fraction of sp³-hybridized carbons (Fsp3) is 0.625. The van der Waals surface area contributed by atoms with Gasteiger partial charge in [-0.2, -0.15) is 0 Å². The lowest BCUT2D eigenvalue weighted by Crippen LogP contribution is -2.43. The van der Waals surface area contributed by atoms with Crippen LogP contribution in [0.5, 0.6) is 0 Å². The Morgan fingerprint density at radius 1 is 1.29 bits per heavy atom. The predicted molar refractivity (Wildman–Crippen MR) is 91.0 cm³/mol. The van der Waals surface area contributed by atoms with Gasteiger partial charge in [0.1, 0.15) is 0 Å². The van der Waals surface area contributed by atoms with Crippen LogP contribution in [-0.4, -0.2) is 28.9 Å². The fourth-order valence-electron chi connectivity index (χ4n) is 3.32. The summed E-state index contributed by atoms with van der Waals surface area (Å²) in [7, 11) is 0. The topological polar surface area (TPSA) is 46.3 Å². The second-order valence-corrected chi connectivity index (χ2v) is 7.72. The number of fused-ring (bicyclic) bond motifs is 1. The molecule has 1 aliphatic heterocycles. The lowest BCUT2D eigenvalue weighted by molar-refractivity contribution is 0.0708. The van der Waals surface area contributed by atoms with Crippen molar-refractivity contribution in [2.45, 2.75) is 44.9 Å². The summed E-state index contributed by atoms with van der Waals surface area (Å²) in [4.78, 5) is 17.6. The van der Waals surface area contributed by atoms with E-state index in [1.807, 2.05) is 4.90 Å². The number of aryl methyl sites for hydroxylation is 2. The first kappa shape index (κ1) is 15.0. The zero-order valence-electron chi connectivity index (χ0n) is 12.3. The number of amides is 1. The van der Waals surface area contributed by atoms with Gasteiger partial charge in [0, 0.05) is 23.9 Å². The molecule has 114 valence electrons. The standard InChI is InChI=1S/C16H22N2OS2/c17-15(20)12-6-4-8-18(10-12)16(19)14-9-11-5-2-1-3-7-13(11)21-14/h9,12H,1-8,10H2,(H2,17,20). The average Bonchev–Trinajstić information content (AvgIpc) is 2.77. The van der Waals surface area contributed by atoms with Crippen molar-refractivity contribution in [2.75, 3.05) is 13.1 Å². The molecule has 2 N–H and O–H groups in total. The molecule has 3 rings (SSSR count). The number of nitrogens with zero attached hydrogens (tertiary/aromatic N) is 1. The van der Waals surface area contributed by atoms with Gasteiger partial charge in [0.25, 0.3) is 5.91 Å². The molecule has 3 nitrogen and oxygen atoms in total. The van der Waals surface area contributed by atoms with Crippen LogP contribution in [0.3, 0.4) is 0 Å². The second-order valence-electron chi connectivity index (χ2n) is 6.11. The summed E-state index contributed by atoms with van der Waals surface area (Å²) in [5, 5.41) is 0. The minimum absolute atomic E-state index is 0.175. The van der Waals surface area contributed by atoms with Crippen molar-refractivity contribution in [1.82, 2.24) is 4.90 Å². The highest BCUT2D eigenvalue weighted by Gasteiger charge is 2.27. The third kappa shape index (κ3) is 3.29. The second kappa shape index (κ2) is 6.44. The van der Waals surface area contributed by atoms with Crippen molar-refractivity contribution in [1.29, 1.82) is 0 Å². The SMILES string of the molecule is NC(=S)C1CCCN(C(=O)c2cc3c(s2)CCCCC3)C1. The Bertz CT molecular complexity index is 529. The molecule has 1 atom stereocenters. The molecule has 0 radical (unpaired) electrons. The van der Waals surface area contributed by atoms with Gasteiger partial charge in [0.2, 0.25) is 0 Å². The number of carbonyl (C=O) groups is 1. The number of likely N-dealkylation sites (tertiary alicyclic amines) is 1. The Kier molecular flexibility index (Phi) is 4.60. The molecule has 1 aromatic heterocycles. The molecule has 1 amide bonds. The van der Waals surface area contributed by atoms with Crippen LogP contribution in [0.4, 0.5) is 0 Å². The number of thiocarbonyl (C=S) groups is 1. The molecule has 1 aromatic rings. The van der Waals surface area contributed by atoms with Crippen LogP contribution in [-0.2, 0) is 12.8 Å². The first-order valence-electron chi connectivity index (χ1n) is 7.85. The van der Waals surface area contributed by atoms with Gasteiger partial charge in [0.15, 0.2) is 0 Å². The van der Waals surface area contributed by atoms with E-state index in [0.29, 0.717) is 11.5 Å². The van der Waals surface area contributed by atoms with Gasteiger partial charge in [-0.3, -0.25) is 4.79 Å². The highest BCUT2D eigenvalue weighted by Crippen LogP contribution is 2.30. The van der Waals surface area contributed by atoms with E-state index in [-0.39, 0.29) is 11.8 Å². The van der Waals surface area contributed by atoms with E-state index in [1.165, 1.54) is 29.7 Å². The molecule has 2 heterocycles. The molecule has 1 saturated heterocycles. The molecule has 0 spiro atoms. The summed E-state index contributed by atoms with van der Waals surface area (Å²) in [6, 6.07) is 2.14. The van der Waals surface area contributed by atoms with Gasteiger partial charge >= 0.3 is 0 Å². The lowest BCUT2D eigenvalue weighted by atomic mass is 9.98. The van der Waals surface area contributed by atoms with Gasteiger partial charge in [0.05, 0.1) is 9.87 Å². The summed E-state index contributed by atoms with van der Waals surface area (Å²) < 4.78 is 0. The molecule has 1 aliphatic carbocycles. The number of hydrogen-bond donors (Lipinski definition) is 1. The van der Waals surface area contributed by atoms with E-state index in [4.69, 9.17) is 18.0 Å². The Morgan fingerprint density at radius 3 is 2.90 bits per heavy atom. The summed E-state index contributed by atoms with van der Waals surface area (Å²) in [6.45, 7) is 1.53. The molecule has 1 fully saturated rings. The van der Waals surface area contributed by atoms with Gasteiger partial charge in [-0.1, -0.05) is 18.6 Å². The van der Waals surface area contributed by atoms with Crippen LogP contribution in [0.2, 0.25) is 0 Å². The summed E-state index contributed by atoms with van der Waals surface area (Å²) in [5.41, 5.74) is 7.17. The maximum absolute atomic E-state index is 12.7. The Balaban J connectivity index is 1.74. The highest BCUT2D eigenvalue weighted by atomic mass is 32.1. The zero-order chi connectivity index (χ0) is 14.8. The third-order valence-corrected chi connectivity index (χ3v) is 6.13. The van der Waals surface area contributed by atoms with Crippen LogP contribution >= 0.6 is 23.6 Å². The molecule has 0 bridgehead atoms. The van der Waals surface area contributed by atoms with Gasteiger partial charge < -0.3 is 10.6 Å². The van der Waals surface area contributed by atoms with Crippen molar-refractivity contribution >= 4 is 34.5 Å². The molecule has 5 heteroatoms. The molecular formula is C16H22N2OS2. The number of piperidine rings is 1. The Hall–Kier alpha value is -0.940. The van der Waals surface area contributed by atoms with E-state index in [0.717, 1.165) is 37.1 Å². The van der Waals surface area contributed by atoms with Crippen LogP contribution < -0.4 is 5.73 Å². The molecule has 21 heavy (non-hydrogen) atoms. The number of thiophene rings is 1. The quantitative estimate of drug-likeness (QED) is 0.672. The van der Waals surface area contributed by atoms with Crippen molar-refractivity contribution < 1.29 is 4.79 Å². The smallest absolute Gasteiger partial charge is 0.263 e. The number of nitrogens with two attached hydrogens (primary N) is 1. The third-order valence-electron chi connectivity index (χ3n) is 4.57. The fourth-order valence-corrected chi connectivity index (χ4v) is 4.74. The lowest BCUT2D eigenvalue weighted by Gasteiger charge is -2.31. The predicted octanol–water partition coefficient (Wildman–Crippen LogP) is 3.16. The number of rotatable bonds is 2. The van der Waals surface area contributed by atoms with Gasteiger partial charge in [-0.15, -0.1) is 11.3 Å². The van der Waals surface area contributed by atoms with E-state index in [9.17, 15) is 4.79 Å². The summed E-state index contributed by atoms with van der Waals surface area (Å²) in [5.74, 6) is 0.365. The number of hydrogen-bond acceptors (Lipinski definition) is 3. The first-order valence-corrected chi connectivity index (χ1v) is 9.08. The Labute approximate surface area is 135 Å². The normalized spacial score (nSPS) is 22.5. The Morgan fingerprint density at radius 2 is 2.10 bits per heavy atom. The van der Waals surface area contributed by atoms with Crippen molar-refractivity contribution in [3.8, 4) is 0 Å². The minimum atomic E-state index is 0.175. The maximum atomic E-state index is 12.7. The zero-order valence-corrected chi connectivity index (χ0v) is 13.9. The van der Waals surface area contributed by atoms with Crippen LogP contribution in [0.25, 0.3) is 0 Å². The monoisotopic (exact) mass is 322 g/mol. The minimum Gasteiger partial charge on any atom is -0.393 e. The maximum Gasteiger partial charge on any atom is 0.263 e. The highest BCUT2D eigenvalue weighted by molar-refractivity contribution is 7.80. The largest absolute Gasteiger partial charge is 0.393 e. The molecule has 0 saturated carbocycles. The first-order chi connectivity index (χ1) is 10.1. The molecule has 2 aliphatic rings. The average molecular weight is 322 g/mol. The number of carbonyl (C=O) groups excluding carboxylic acids is 1. The molecule has 0 aromatic carbocycles. The van der Waals surface area contributed by atoms with Crippen LogP contribution in [0, 0.1) is 5.92 Å². The van der Waals surface area contributed by atoms with Crippen molar-refractivity contribution in [2.24, 2.45) is 11.7 Å². The van der Waals surface area contributed by atoms with E-state index in [1.54, 1.807) is 11.3 Å². The van der Waals surface area contributed by atoms with E-state index >= 15 is 0 Å². The van der Waals surface area contributed by atoms with Crippen LogP contribution in [0.15, 0.2) is 6.07 Å². The molecular weight excluding hydrogens is 300 g/mol. The van der Waals surface area contributed by atoms with E-state index in [2.05, 4.69) is 6.07 Å². The van der Waals surface area contributed by atoms with Crippen molar-refractivity contribution in [3.05, 3.63) is 21.4 Å². The van der Waals surface area contributed by atoms with Gasteiger partial charge in [-0.05, 0) is 50.2 Å². The van der Waals surface area contributed by atoms with Crippen LogP contribution in [0.1, 0.15) is 52.2 Å². The van der Waals surface area contributed by atoms with Crippen molar-refractivity contribution in [3.63, 3.8) is 0 Å². The summed E-state index contributed by atoms with van der Waals surface area (Å²) >= 11 is 6.80. The summed E-state index contributed by atoms with van der Waals surface area (Å²) in [6.07, 6.45) is 8.11. The van der Waals surface area contributed by atoms with E-state index < -0.39 is 0 Å². The van der Waals surface area contributed by atoms with Gasteiger partial charge in [-0.25, -0.2) is 0 Å².